The SMILES string of the molecule is CN1CC(OCC2CCNCC2)C1. The molecule has 0 aliphatic carbocycles. The molecule has 13 heavy (non-hydrogen) atoms. The summed E-state index contributed by atoms with van der Waals surface area (Å²) in [4.78, 5) is 2.30. The maximum Gasteiger partial charge on any atom is 0.0828 e. The molecule has 2 saturated heterocycles. The summed E-state index contributed by atoms with van der Waals surface area (Å²) in [5, 5.41) is 3.37. The van der Waals surface area contributed by atoms with Gasteiger partial charge in [0.1, 0.15) is 0 Å². The number of likely N-dealkylation sites (N-methyl/N-ethyl adjacent to an activating group) is 1. The lowest BCUT2D eigenvalue weighted by Gasteiger charge is -2.37. The predicted molar refractivity (Wildman–Crippen MR) is 52.8 cm³/mol. The van der Waals surface area contributed by atoms with Crippen molar-refractivity contribution in [3.63, 3.8) is 0 Å². The van der Waals surface area contributed by atoms with E-state index in [4.69, 9.17) is 4.74 Å². The van der Waals surface area contributed by atoms with Gasteiger partial charge in [0.05, 0.1) is 6.10 Å². The van der Waals surface area contributed by atoms with E-state index in [1.807, 2.05) is 0 Å². The van der Waals surface area contributed by atoms with Crippen molar-refractivity contribution in [2.45, 2.75) is 18.9 Å². The molecule has 0 bridgehead atoms. The fraction of sp³-hybridized carbons (Fsp3) is 1.00. The molecule has 3 nitrogen and oxygen atoms in total. The van der Waals surface area contributed by atoms with Crippen LogP contribution in [-0.2, 0) is 4.74 Å². The average molecular weight is 184 g/mol. The van der Waals surface area contributed by atoms with Crippen molar-refractivity contribution in [3.8, 4) is 0 Å². The van der Waals surface area contributed by atoms with Crippen LogP contribution in [0.4, 0.5) is 0 Å². The number of hydrogen-bond acceptors (Lipinski definition) is 3. The first kappa shape index (κ1) is 9.44. The highest BCUT2D eigenvalue weighted by Crippen LogP contribution is 2.15. The van der Waals surface area contributed by atoms with Crippen LogP contribution in [0, 0.1) is 5.92 Å². The molecular formula is C10H20N2O. The third-order valence-electron chi connectivity index (χ3n) is 3.06. The first-order valence-electron chi connectivity index (χ1n) is 5.35. The van der Waals surface area contributed by atoms with Gasteiger partial charge in [-0.25, -0.2) is 0 Å². The van der Waals surface area contributed by atoms with Crippen LogP contribution in [0.2, 0.25) is 0 Å². The van der Waals surface area contributed by atoms with Crippen LogP contribution in [0.15, 0.2) is 0 Å². The molecule has 0 unspecified atom stereocenters. The molecule has 2 aliphatic rings. The highest BCUT2D eigenvalue weighted by Gasteiger charge is 2.25. The molecule has 0 atom stereocenters. The minimum absolute atomic E-state index is 0.528. The number of hydrogen-bond donors (Lipinski definition) is 1. The van der Waals surface area contributed by atoms with Crippen LogP contribution in [0.25, 0.3) is 0 Å². The maximum atomic E-state index is 5.82. The second-order valence-electron chi connectivity index (χ2n) is 4.37. The molecular weight excluding hydrogens is 164 g/mol. The minimum Gasteiger partial charge on any atom is -0.375 e. The Morgan fingerprint density at radius 3 is 2.62 bits per heavy atom. The number of rotatable bonds is 3. The fourth-order valence-electron chi connectivity index (χ4n) is 2.07. The van der Waals surface area contributed by atoms with Crippen LogP contribution in [0.1, 0.15) is 12.8 Å². The predicted octanol–water partition coefficient (Wildman–Crippen LogP) is 0.317. The van der Waals surface area contributed by atoms with Gasteiger partial charge in [-0.3, -0.25) is 0 Å². The van der Waals surface area contributed by atoms with Crippen molar-refractivity contribution >= 4 is 0 Å². The summed E-state index contributed by atoms with van der Waals surface area (Å²) in [5.41, 5.74) is 0. The lowest BCUT2D eigenvalue weighted by molar-refractivity contribution is -0.0583. The van der Waals surface area contributed by atoms with Crippen LogP contribution in [-0.4, -0.2) is 50.8 Å². The normalized spacial score (nSPS) is 27.5. The van der Waals surface area contributed by atoms with Crippen molar-refractivity contribution in [2.24, 2.45) is 5.92 Å². The molecule has 0 aromatic carbocycles. The molecule has 3 heteroatoms. The van der Waals surface area contributed by atoms with Gasteiger partial charge in [-0.05, 0) is 38.9 Å². The Labute approximate surface area is 80.4 Å². The quantitative estimate of drug-likeness (QED) is 0.683. The summed E-state index contributed by atoms with van der Waals surface area (Å²) in [5.74, 6) is 0.812. The van der Waals surface area contributed by atoms with Gasteiger partial charge >= 0.3 is 0 Å². The van der Waals surface area contributed by atoms with E-state index in [1.54, 1.807) is 0 Å². The number of piperidine rings is 1. The largest absolute Gasteiger partial charge is 0.375 e. The Morgan fingerprint density at radius 1 is 1.31 bits per heavy atom. The Kier molecular flexibility index (Phi) is 3.19. The molecule has 0 aromatic heterocycles. The lowest BCUT2D eigenvalue weighted by Crippen LogP contribution is -2.50. The smallest absolute Gasteiger partial charge is 0.0828 e. The fourth-order valence-corrected chi connectivity index (χ4v) is 2.07. The third-order valence-corrected chi connectivity index (χ3v) is 3.06. The van der Waals surface area contributed by atoms with Gasteiger partial charge in [-0.2, -0.15) is 0 Å². The molecule has 2 rings (SSSR count). The van der Waals surface area contributed by atoms with Crippen molar-refractivity contribution in [2.75, 3.05) is 39.8 Å². The van der Waals surface area contributed by atoms with Crippen LogP contribution in [0.5, 0.6) is 0 Å². The van der Waals surface area contributed by atoms with Crippen molar-refractivity contribution < 1.29 is 4.74 Å². The maximum absolute atomic E-state index is 5.82. The zero-order chi connectivity index (χ0) is 9.10. The van der Waals surface area contributed by atoms with E-state index in [0.717, 1.165) is 25.6 Å². The zero-order valence-electron chi connectivity index (χ0n) is 8.46. The summed E-state index contributed by atoms with van der Waals surface area (Å²) < 4.78 is 5.82. The van der Waals surface area contributed by atoms with E-state index in [-0.39, 0.29) is 0 Å². The van der Waals surface area contributed by atoms with Crippen LogP contribution < -0.4 is 5.32 Å². The second-order valence-corrected chi connectivity index (χ2v) is 4.37. The third kappa shape index (κ3) is 2.66. The van der Waals surface area contributed by atoms with E-state index in [2.05, 4.69) is 17.3 Å². The molecule has 0 radical (unpaired) electrons. The Hall–Kier alpha value is -0.120. The summed E-state index contributed by atoms with van der Waals surface area (Å²) in [6.07, 6.45) is 3.12. The van der Waals surface area contributed by atoms with Gasteiger partial charge in [0.2, 0.25) is 0 Å². The standard InChI is InChI=1S/C10H20N2O/c1-12-6-10(7-12)13-8-9-2-4-11-5-3-9/h9-11H,2-8H2,1H3. The Bertz CT molecular complexity index is 151. The topological polar surface area (TPSA) is 24.5 Å². The highest BCUT2D eigenvalue weighted by atomic mass is 16.5. The molecule has 1 N–H and O–H groups in total. The van der Waals surface area contributed by atoms with Crippen molar-refractivity contribution in [1.82, 2.24) is 10.2 Å². The van der Waals surface area contributed by atoms with Crippen molar-refractivity contribution in [1.29, 1.82) is 0 Å². The number of nitrogens with one attached hydrogen (secondary N) is 1. The highest BCUT2D eigenvalue weighted by molar-refractivity contribution is 4.78. The van der Waals surface area contributed by atoms with Crippen LogP contribution >= 0.6 is 0 Å². The van der Waals surface area contributed by atoms with Gasteiger partial charge in [0, 0.05) is 19.7 Å². The van der Waals surface area contributed by atoms with Crippen LogP contribution in [0.3, 0.4) is 0 Å². The Balaban J connectivity index is 1.56. The van der Waals surface area contributed by atoms with E-state index >= 15 is 0 Å². The zero-order valence-corrected chi connectivity index (χ0v) is 8.46. The second kappa shape index (κ2) is 4.40. The van der Waals surface area contributed by atoms with E-state index in [9.17, 15) is 0 Å². The lowest BCUT2D eigenvalue weighted by atomic mass is 9.99. The molecule has 0 amide bonds. The van der Waals surface area contributed by atoms with Gasteiger partial charge in [0.15, 0.2) is 0 Å². The van der Waals surface area contributed by atoms with Gasteiger partial charge in [-0.1, -0.05) is 0 Å². The first-order valence-corrected chi connectivity index (χ1v) is 5.35. The monoisotopic (exact) mass is 184 g/mol. The number of nitrogens with zero attached hydrogens (tertiary/aromatic N) is 1. The van der Waals surface area contributed by atoms with E-state index in [1.165, 1.54) is 25.9 Å². The van der Waals surface area contributed by atoms with Gasteiger partial charge in [-0.15, -0.1) is 0 Å². The van der Waals surface area contributed by atoms with E-state index in [0.29, 0.717) is 6.10 Å². The molecule has 2 fully saturated rings. The molecule has 0 saturated carbocycles. The molecule has 76 valence electrons. The Morgan fingerprint density at radius 2 is 2.00 bits per heavy atom. The summed E-state index contributed by atoms with van der Waals surface area (Å²) >= 11 is 0. The molecule has 0 aromatic rings. The first-order chi connectivity index (χ1) is 6.34. The summed E-state index contributed by atoms with van der Waals surface area (Å²) in [6.45, 7) is 5.60. The van der Waals surface area contributed by atoms with Crippen molar-refractivity contribution in [3.05, 3.63) is 0 Å². The molecule has 2 heterocycles. The van der Waals surface area contributed by atoms with E-state index < -0.39 is 0 Å². The van der Waals surface area contributed by atoms with Gasteiger partial charge < -0.3 is 15.0 Å². The molecule has 0 spiro atoms. The number of likely N-dealkylation sites (tertiary alicyclic amines) is 1. The molecule has 2 aliphatic heterocycles. The average Bonchev–Trinajstić information content (AvgIpc) is 2.12. The minimum atomic E-state index is 0.528. The summed E-state index contributed by atoms with van der Waals surface area (Å²) in [6, 6.07) is 0. The number of ether oxygens (including phenoxy) is 1. The van der Waals surface area contributed by atoms with Gasteiger partial charge in [0.25, 0.3) is 0 Å². The summed E-state index contributed by atoms with van der Waals surface area (Å²) in [7, 11) is 2.14.